The third kappa shape index (κ3) is 4.52. The molecule has 0 radical (unpaired) electrons. The highest BCUT2D eigenvalue weighted by Crippen LogP contribution is 2.23. The van der Waals surface area contributed by atoms with Crippen molar-refractivity contribution in [1.82, 2.24) is 0 Å². The van der Waals surface area contributed by atoms with Crippen molar-refractivity contribution in [3.63, 3.8) is 0 Å². The lowest BCUT2D eigenvalue weighted by atomic mass is 10.2. The molecule has 0 fully saturated rings. The van der Waals surface area contributed by atoms with Gasteiger partial charge in [-0.15, -0.1) is 0 Å². The summed E-state index contributed by atoms with van der Waals surface area (Å²) in [7, 11) is 0. The van der Waals surface area contributed by atoms with Gasteiger partial charge in [-0.2, -0.15) is 0 Å². The van der Waals surface area contributed by atoms with Crippen LogP contribution in [-0.4, -0.2) is 18.5 Å². The molecule has 0 aromatic rings. The second-order valence-corrected chi connectivity index (χ2v) is 2.12. The first-order valence-corrected chi connectivity index (χ1v) is 2.63. The molecule has 0 aromatic heterocycles. The summed E-state index contributed by atoms with van der Waals surface area (Å²) >= 11 is 0. The zero-order chi connectivity index (χ0) is 8.36. The Kier molecular flexibility index (Phi) is 3.05. The number of alkyl halides is 5. The van der Waals surface area contributed by atoms with Crippen molar-refractivity contribution in [3.8, 4) is 0 Å². The molecule has 10 heavy (non-hydrogen) atoms. The van der Waals surface area contributed by atoms with Crippen molar-refractivity contribution in [3.05, 3.63) is 0 Å². The second-order valence-electron chi connectivity index (χ2n) is 2.12. The highest BCUT2D eigenvalue weighted by molar-refractivity contribution is 4.67. The first kappa shape index (κ1) is 9.65. The lowest BCUT2D eigenvalue weighted by Gasteiger charge is -2.12. The van der Waals surface area contributed by atoms with Gasteiger partial charge >= 0.3 is 0 Å². The van der Waals surface area contributed by atoms with Crippen LogP contribution in [0.25, 0.3) is 0 Å². The van der Waals surface area contributed by atoms with Crippen molar-refractivity contribution in [2.45, 2.75) is 31.9 Å². The minimum atomic E-state index is -3.35. The van der Waals surface area contributed by atoms with Crippen LogP contribution >= 0.6 is 0 Å². The molecule has 0 N–H and O–H groups in total. The molecule has 1 atom stereocenters. The summed E-state index contributed by atoms with van der Waals surface area (Å²) in [6, 6.07) is 0. The van der Waals surface area contributed by atoms with Gasteiger partial charge in [-0.25, -0.2) is 22.0 Å². The van der Waals surface area contributed by atoms with Gasteiger partial charge in [0.1, 0.15) is 0 Å². The quantitative estimate of drug-likeness (QED) is 0.559. The molecule has 1 unspecified atom stereocenters. The zero-order valence-corrected chi connectivity index (χ0v) is 5.25. The van der Waals surface area contributed by atoms with Gasteiger partial charge in [0.25, 0.3) is 6.43 Å². The van der Waals surface area contributed by atoms with Crippen molar-refractivity contribution in [2.24, 2.45) is 0 Å². The molecule has 5 heteroatoms. The van der Waals surface area contributed by atoms with E-state index in [1.54, 1.807) is 0 Å². The SMILES string of the molecule is CC(F)(F)CC(F)C(F)F. The Balaban J connectivity index is 3.68. The van der Waals surface area contributed by atoms with E-state index < -0.39 is 24.9 Å². The highest BCUT2D eigenvalue weighted by atomic mass is 19.3. The summed E-state index contributed by atoms with van der Waals surface area (Å²) in [5.74, 6) is -3.35. The van der Waals surface area contributed by atoms with E-state index in [9.17, 15) is 22.0 Å². The molecule has 0 bridgehead atoms. The van der Waals surface area contributed by atoms with E-state index in [1.807, 2.05) is 0 Å². The topological polar surface area (TPSA) is 0 Å². The maximum absolute atomic E-state index is 11.8. The van der Waals surface area contributed by atoms with Crippen LogP contribution in [0.3, 0.4) is 0 Å². The second kappa shape index (κ2) is 3.16. The van der Waals surface area contributed by atoms with Gasteiger partial charge in [-0.3, -0.25) is 0 Å². The van der Waals surface area contributed by atoms with Crippen molar-refractivity contribution in [1.29, 1.82) is 0 Å². The minimum Gasteiger partial charge on any atom is -0.241 e. The van der Waals surface area contributed by atoms with Gasteiger partial charge in [0.15, 0.2) is 6.17 Å². The zero-order valence-electron chi connectivity index (χ0n) is 5.25. The van der Waals surface area contributed by atoms with Crippen LogP contribution in [0.4, 0.5) is 22.0 Å². The predicted octanol–water partition coefficient (Wildman–Crippen LogP) is 2.63. The molecule has 62 valence electrons. The van der Waals surface area contributed by atoms with Crippen molar-refractivity contribution < 1.29 is 22.0 Å². The fraction of sp³-hybridized carbons (Fsp3) is 1.00. The smallest absolute Gasteiger partial charge is 0.241 e. The van der Waals surface area contributed by atoms with E-state index in [0.29, 0.717) is 6.92 Å². The van der Waals surface area contributed by atoms with Crippen LogP contribution < -0.4 is 0 Å². The van der Waals surface area contributed by atoms with Gasteiger partial charge in [-0.1, -0.05) is 0 Å². The van der Waals surface area contributed by atoms with E-state index in [1.165, 1.54) is 0 Å². The van der Waals surface area contributed by atoms with E-state index in [2.05, 4.69) is 0 Å². The van der Waals surface area contributed by atoms with Gasteiger partial charge in [0, 0.05) is 6.42 Å². The average Bonchev–Trinajstić information content (AvgIpc) is 1.60. The minimum absolute atomic E-state index is 0.405. The molecule has 0 aliphatic rings. The normalized spacial score (nSPS) is 15.9. The van der Waals surface area contributed by atoms with Gasteiger partial charge < -0.3 is 0 Å². The van der Waals surface area contributed by atoms with E-state index >= 15 is 0 Å². The Labute approximate surface area is 55.0 Å². The molecular weight excluding hydrogens is 155 g/mol. The molecule has 0 aliphatic carbocycles. The molecule has 0 amide bonds. The highest BCUT2D eigenvalue weighted by Gasteiger charge is 2.31. The Morgan fingerprint density at radius 1 is 1.20 bits per heavy atom. The third-order valence-corrected chi connectivity index (χ3v) is 0.827. The molecule has 0 saturated carbocycles. The fourth-order valence-electron chi connectivity index (χ4n) is 0.431. The van der Waals surface area contributed by atoms with Crippen LogP contribution in [0.5, 0.6) is 0 Å². The van der Waals surface area contributed by atoms with Crippen LogP contribution in [-0.2, 0) is 0 Å². The van der Waals surface area contributed by atoms with Crippen molar-refractivity contribution >= 4 is 0 Å². The summed E-state index contributed by atoms with van der Waals surface area (Å²) in [6.07, 6.45) is -7.45. The van der Waals surface area contributed by atoms with E-state index in [4.69, 9.17) is 0 Å². The van der Waals surface area contributed by atoms with Crippen LogP contribution in [0.2, 0.25) is 0 Å². The van der Waals surface area contributed by atoms with Gasteiger partial charge in [-0.05, 0) is 6.92 Å². The predicted molar refractivity (Wildman–Crippen MR) is 26.1 cm³/mol. The third-order valence-electron chi connectivity index (χ3n) is 0.827. The molecule has 0 aromatic carbocycles. The lowest BCUT2D eigenvalue weighted by molar-refractivity contribution is -0.0478. The van der Waals surface area contributed by atoms with Crippen LogP contribution in [0, 0.1) is 0 Å². The lowest BCUT2D eigenvalue weighted by Crippen LogP contribution is -2.22. The molecule has 0 saturated heterocycles. The van der Waals surface area contributed by atoms with E-state index in [0.717, 1.165) is 0 Å². The Morgan fingerprint density at radius 3 is 1.70 bits per heavy atom. The van der Waals surface area contributed by atoms with E-state index in [-0.39, 0.29) is 0 Å². The molecule has 0 rings (SSSR count). The number of hydrogen-bond donors (Lipinski definition) is 0. The summed E-state index contributed by atoms with van der Waals surface area (Å²) in [4.78, 5) is 0. The number of hydrogen-bond acceptors (Lipinski definition) is 0. The monoisotopic (exact) mass is 162 g/mol. The molecule has 0 aliphatic heterocycles. The molecular formula is C5H7F5. The molecule has 0 nitrogen and oxygen atoms in total. The average molecular weight is 162 g/mol. The van der Waals surface area contributed by atoms with Gasteiger partial charge in [0.05, 0.1) is 0 Å². The summed E-state index contributed by atoms with van der Waals surface area (Å²) in [5.41, 5.74) is 0. The summed E-state index contributed by atoms with van der Waals surface area (Å²) in [5, 5.41) is 0. The van der Waals surface area contributed by atoms with Crippen LogP contribution in [0.15, 0.2) is 0 Å². The maximum atomic E-state index is 11.8. The Morgan fingerprint density at radius 2 is 1.60 bits per heavy atom. The number of halogens is 5. The fourth-order valence-corrected chi connectivity index (χ4v) is 0.431. The number of rotatable bonds is 3. The van der Waals surface area contributed by atoms with Crippen molar-refractivity contribution in [2.75, 3.05) is 0 Å². The van der Waals surface area contributed by atoms with Crippen LogP contribution in [0.1, 0.15) is 13.3 Å². The summed E-state index contributed by atoms with van der Waals surface area (Å²) < 4.78 is 57.8. The standard InChI is InChI=1S/C5H7F5/c1-5(9,10)2-3(6)4(7)8/h3-4H,2H2,1H3. The first-order chi connectivity index (χ1) is 4.33. The molecule has 0 heterocycles. The first-order valence-electron chi connectivity index (χ1n) is 2.63. The largest absolute Gasteiger partial charge is 0.269 e. The Hall–Kier alpha value is -0.350. The maximum Gasteiger partial charge on any atom is 0.269 e. The molecule has 0 spiro atoms. The van der Waals surface area contributed by atoms with Gasteiger partial charge in [0.2, 0.25) is 5.92 Å². The summed E-state index contributed by atoms with van der Waals surface area (Å²) in [6.45, 7) is 0.405. The Bertz CT molecular complexity index is 94.7.